The molecule has 6 atom stereocenters. The molecular formula is C22H32F2O7S. The summed E-state index contributed by atoms with van der Waals surface area (Å²) in [6.07, 6.45) is 10.4. The first-order chi connectivity index (χ1) is 15.4. The molecule has 7 nitrogen and oxygen atoms in total. The van der Waals surface area contributed by atoms with Gasteiger partial charge in [-0.1, -0.05) is 24.3 Å². The summed E-state index contributed by atoms with van der Waals surface area (Å²) in [6, 6.07) is 0. The van der Waals surface area contributed by atoms with Crippen molar-refractivity contribution < 1.29 is 42.5 Å². The topological polar surface area (TPSA) is 91.3 Å². The lowest BCUT2D eigenvalue weighted by molar-refractivity contribution is -0.433. The molecule has 0 saturated heterocycles. The molecule has 4 rings (SSSR count). The molecule has 0 amide bonds. The van der Waals surface area contributed by atoms with Gasteiger partial charge in [0.1, 0.15) is 12.0 Å². The van der Waals surface area contributed by atoms with Crippen molar-refractivity contribution in [2.75, 3.05) is 13.2 Å². The fourth-order valence-electron chi connectivity index (χ4n) is 6.90. The number of rotatable bonds is 10. The van der Waals surface area contributed by atoms with E-state index in [2.05, 4.69) is 9.37 Å². The number of halogens is 2. The molecule has 10 heteroatoms. The van der Waals surface area contributed by atoms with Gasteiger partial charge in [0.2, 0.25) is 0 Å². The highest BCUT2D eigenvalue weighted by Crippen LogP contribution is 2.62. The minimum atomic E-state index is -3.96. The molecule has 0 spiro atoms. The van der Waals surface area contributed by atoms with Gasteiger partial charge in [-0.05, 0) is 80.0 Å². The van der Waals surface area contributed by atoms with Gasteiger partial charge in [0, 0.05) is 6.42 Å². The van der Waals surface area contributed by atoms with E-state index >= 15 is 0 Å². The third kappa shape index (κ3) is 5.56. The summed E-state index contributed by atoms with van der Waals surface area (Å²) in [7, 11) is 0. The first kappa shape index (κ1) is 24.2. The van der Waals surface area contributed by atoms with E-state index in [9.17, 15) is 18.4 Å². The van der Waals surface area contributed by atoms with Crippen LogP contribution in [0.25, 0.3) is 0 Å². The zero-order chi connectivity index (χ0) is 22.7. The molecule has 4 fully saturated rings. The second-order valence-electron chi connectivity index (χ2n) is 10.1. The lowest BCUT2D eigenvalue weighted by Gasteiger charge is -2.31. The Morgan fingerprint density at radius 1 is 0.906 bits per heavy atom. The minimum Gasteiger partial charge on any atom is -0.465 e. The number of carbonyl (C=O) groups excluding carboxylic acids is 2. The van der Waals surface area contributed by atoms with Crippen molar-refractivity contribution in [2.45, 2.75) is 69.5 Å². The first-order valence-corrected chi connectivity index (χ1v) is 12.5. The lowest BCUT2D eigenvalue weighted by Crippen LogP contribution is -2.32. The predicted octanol–water partition coefficient (Wildman–Crippen LogP) is 5.00. The normalized spacial score (nSPS) is 34.5. The first-order valence-electron chi connectivity index (χ1n) is 11.7. The summed E-state index contributed by atoms with van der Waals surface area (Å²) in [5.41, 5.74) is 0. The Kier molecular flexibility index (Phi) is 7.95. The highest BCUT2D eigenvalue weighted by Gasteiger charge is 2.56. The molecule has 4 aliphatic carbocycles. The van der Waals surface area contributed by atoms with Gasteiger partial charge in [-0.25, -0.2) is 10.1 Å². The van der Waals surface area contributed by atoms with Gasteiger partial charge in [-0.2, -0.15) is 8.78 Å². The molecule has 4 aliphatic rings. The summed E-state index contributed by atoms with van der Waals surface area (Å²) < 4.78 is 41.2. The van der Waals surface area contributed by atoms with Gasteiger partial charge in [0.05, 0.1) is 13.2 Å². The number of hydrogen-bond donors (Lipinski definition) is 1. The van der Waals surface area contributed by atoms with E-state index < -0.39 is 23.3 Å². The van der Waals surface area contributed by atoms with Crippen LogP contribution in [0.2, 0.25) is 0 Å². The fourth-order valence-corrected chi connectivity index (χ4v) is 7.14. The summed E-state index contributed by atoms with van der Waals surface area (Å²) in [5.74, 6) is 1.02. The van der Waals surface area contributed by atoms with E-state index in [-0.39, 0.29) is 18.5 Å². The van der Waals surface area contributed by atoms with Crippen LogP contribution in [0, 0.1) is 41.4 Å². The molecule has 0 aromatic heterocycles. The number of fused-ring (bicyclic) bond motifs is 5. The quantitative estimate of drug-likeness (QED) is 0.203. The minimum absolute atomic E-state index is 0.0482. The van der Waals surface area contributed by atoms with Crippen LogP contribution in [0.1, 0.15) is 64.2 Å². The Hall–Kier alpha value is -0.970. The van der Waals surface area contributed by atoms with Gasteiger partial charge in [-0.15, -0.1) is 4.33 Å². The third-order valence-corrected chi connectivity index (χ3v) is 8.70. The SMILES string of the molecule is O=C(CC1CC2C3CC(COC(=O)C(F)(F)SOOO)C(C3)C2C1)OCC1CCCCC1. The van der Waals surface area contributed by atoms with Crippen molar-refractivity contribution >= 4 is 24.0 Å². The van der Waals surface area contributed by atoms with Crippen molar-refractivity contribution in [1.82, 2.24) is 0 Å². The van der Waals surface area contributed by atoms with Crippen molar-refractivity contribution in [1.29, 1.82) is 0 Å². The molecule has 1 N–H and O–H groups in total. The Bertz CT molecular complexity index is 673. The average molecular weight is 479 g/mol. The maximum atomic E-state index is 13.6. The van der Waals surface area contributed by atoms with Gasteiger partial charge in [-0.3, -0.25) is 4.79 Å². The van der Waals surface area contributed by atoms with E-state index in [1.807, 2.05) is 0 Å². The van der Waals surface area contributed by atoms with Crippen LogP contribution in [-0.4, -0.2) is 35.7 Å². The van der Waals surface area contributed by atoms with Crippen molar-refractivity contribution in [3.63, 3.8) is 0 Å². The second kappa shape index (κ2) is 10.5. The number of carbonyl (C=O) groups is 2. The van der Waals surface area contributed by atoms with E-state index in [1.54, 1.807) is 0 Å². The van der Waals surface area contributed by atoms with Crippen LogP contribution in [0.3, 0.4) is 0 Å². The molecule has 0 radical (unpaired) electrons. The van der Waals surface area contributed by atoms with Crippen LogP contribution in [0.4, 0.5) is 8.78 Å². The number of hydrogen-bond acceptors (Lipinski definition) is 8. The van der Waals surface area contributed by atoms with Crippen LogP contribution in [0.15, 0.2) is 0 Å². The standard InChI is InChI=1S/C22H32F2O7S/c23-22(24,32-31-30-27)21(26)29-12-16-9-15-10-18(16)19-7-14(6-17(15)19)8-20(25)28-11-13-4-2-1-3-5-13/h13-19,27H,1-12H2. The molecule has 2 bridgehead atoms. The van der Waals surface area contributed by atoms with Crippen molar-refractivity contribution in [2.24, 2.45) is 41.4 Å². The molecule has 0 aliphatic heterocycles. The van der Waals surface area contributed by atoms with Crippen LogP contribution >= 0.6 is 12.0 Å². The van der Waals surface area contributed by atoms with E-state index in [4.69, 9.17) is 14.7 Å². The molecule has 6 unspecified atom stereocenters. The Labute approximate surface area is 190 Å². The molecular weight excluding hydrogens is 446 g/mol. The van der Waals surface area contributed by atoms with Crippen molar-refractivity contribution in [3.8, 4) is 0 Å². The Morgan fingerprint density at radius 2 is 1.66 bits per heavy atom. The zero-order valence-electron chi connectivity index (χ0n) is 18.1. The lowest BCUT2D eigenvalue weighted by atomic mass is 9.76. The smallest absolute Gasteiger partial charge is 0.415 e. The maximum absolute atomic E-state index is 13.6. The van der Waals surface area contributed by atoms with Crippen molar-refractivity contribution in [3.05, 3.63) is 0 Å². The predicted molar refractivity (Wildman–Crippen MR) is 110 cm³/mol. The van der Waals surface area contributed by atoms with Gasteiger partial charge in [0.25, 0.3) is 0 Å². The fraction of sp³-hybridized carbons (Fsp3) is 0.909. The third-order valence-electron chi connectivity index (χ3n) is 8.20. The van der Waals surface area contributed by atoms with E-state index in [0.717, 1.165) is 38.5 Å². The van der Waals surface area contributed by atoms with Crippen LogP contribution in [0.5, 0.6) is 0 Å². The number of esters is 2. The Morgan fingerprint density at radius 3 is 2.41 bits per heavy atom. The monoisotopic (exact) mass is 478 g/mol. The zero-order valence-corrected chi connectivity index (χ0v) is 18.9. The second-order valence-corrected chi connectivity index (χ2v) is 10.9. The van der Waals surface area contributed by atoms with Crippen LogP contribution in [-0.2, 0) is 28.4 Å². The molecule has 0 aromatic carbocycles. The molecule has 32 heavy (non-hydrogen) atoms. The molecule has 0 heterocycles. The molecule has 4 saturated carbocycles. The van der Waals surface area contributed by atoms with Gasteiger partial charge in [0.15, 0.2) is 0 Å². The highest BCUT2D eigenvalue weighted by molar-refractivity contribution is 7.96. The summed E-state index contributed by atoms with van der Waals surface area (Å²) >= 11 is -0.605. The number of ether oxygens (including phenoxy) is 2. The summed E-state index contributed by atoms with van der Waals surface area (Å²) in [5, 5.41) is 7.14. The molecule has 182 valence electrons. The van der Waals surface area contributed by atoms with E-state index in [0.29, 0.717) is 48.5 Å². The largest absolute Gasteiger partial charge is 0.465 e. The van der Waals surface area contributed by atoms with Gasteiger partial charge < -0.3 is 9.47 Å². The van der Waals surface area contributed by atoms with Crippen LogP contribution < -0.4 is 0 Å². The Balaban J connectivity index is 1.20. The highest BCUT2D eigenvalue weighted by atomic mass is 32.2. The summed E-state index contributed by atoms with van der Waals surface area (Å²) in [6.45, 7) is 0.503. The maximum Gasteiger partial charge on any atom is 0.415 e. The average Bonchev–Trinajstić information content (AvgIpc) is 3.47. The number of alkyl halides is 2. The van der Waals surface area contributed by atoms with E-state index in [1.165, 1.54) is 19.3 Å². The molecule has 0 aromatic rings. The van der Waals surface area contributed by atoms with Gasteiger partial charge >= 0.3 is 17.2 Å². The summed E-state index contributed by atoms with van der Waals surface area (Å²) in [4.78, 5) is 24.0.